The van der Waals surface area contributed by atoms with E-state index >= 15 is 0 Å². The number of carbonyl (C=O) groups is 2. The van der Waals surface area contributed by atoms with Gasteiger partial charge in [0.05, 0.1) is 31.6 Å². The van der Waals surface area contributed by atoms with Crippen molar-refractivity contribution in [3.05, 3.63) is 23.8 Å². The van der Waals surface area contributed by atoms with Crippen molar-refractivity contribution >= 4 is 17.7 Å². The molecule has 0 aromatic heterocycles. The largest absolute Gasteiger partial charge is 0.495 e. The molecule has 13 heteroatoms. The fourth-order valence-corrected chi connectivity index (χ4v) is 2.13. The van der Waals surface area contributed by atoms with Crippen LogP contribution in [0.15, 0.2) is 18.2 Å². The number of nitrogens with one attached hydrogen (secondary N) is 2. The predicted molar refractivity (Wildman–Crippen MR) is 87.2 cm³/mol. The van der Waals surface area contributed by atoms with E-state index in [0.29, 0.717) is 12.1 Å². The van der Waals surface area contributed by atoms with Gasteiger partial charge in [-0.1, -0.05) is 0 Å². The van der Waals surface area contributed by atoms with Crippen LogP contribution in [0.5, 0.6) is 5.75 Å². The number of alkyl carbamates (subject to hydrolysis) is 1. The lowest BCUT2D eigenvalue weighted by Crippen LogP contribution is -2.69. The van der Waals surface area contributed by atoms with E-state index < -0.39 is 53.7 Å². The van der Waals surface area contributed by atoms with Crippen LogP contribution in [-0.4, -0.2) is 44.2 Å². The lowest BCUT2D eigenvalue weighted by atomic mass is 10.1. The van der Waals surface area contributed by atoms with Gasteiger partial charge in [0.2, 0.25) is 0 Å². The molecule has 0 saturated heterocycles. The Morgan fingerprint density at radius 1 is 1.00 bits per heavy atom. The zero-order chi connectivity index (χ0) is 22.5. The summed E-state index contributed by atoms with van der Waals surface area (Å²) in [5.74, 6) is -2.47. The Balaban J connectivity index is 3.62. The van der Waals surface area contributed by atoms with Crippen molar-refractivity contribution < 1.29 is 50.1 Å². The van der Waals surface area contributed by atoms with Crippen molar-refractivity contribution in [1.82, 2.24) is 5.32 Å². The van der Waals surface area contributed by atoms with E-state index in [9.17, 15) is 35.9 Å². The van der Waals surface area contributed by atoms with Crippen LogP contribution in [0.4, 0.5) is 36.8 Å². The molecular formula is C16H18F6N2O5. The average molecular weight is 432 g/mol. The molecule has 1 atom stereocenters. The van der Waals surface area contributed by atoms with Crippen molar-refractivity contribution in [2.24, 2.45) is 0 Å². The number of rotatable bonds is 7. The molecule has 0 aliphatic heterocycles. The number of ether oxygens (including phenoxy) is 3. The van der Waals surface area contributed by atoms with Gasteiger partial charge in [-0.3, -0.25) is 5.32 Å². The Hall–Kier alpha value is -2.86. The minimum Gasteiger partial charge on any atom is -0.495 e. The molecule has 0 aliphatic carbocycles. The number of carbonyl (C=O) groups excluding carboxylic acids is 2. The van der Waals surface area contributed by atoms with Crippen molar-refractivity contribution in [3.63, 3.8) is 0 Å². The smallest absolute Gasteiger partial charge is 0.442 e. The third kappa shape index (κ3) is 5.57. The van der Waals surface area contributed by atoms with Crippen molar-refractivity contribution in [1.29, 1.82) is 0 Å². The third-order valence-corrected chi connectivity index (χ3v) is 3.42. The van der Waals surface area contributed by atoms with E-state index in [-0.39, 0.29) is 6.61 Å². The first-order valence-corrected chi connectivity index (χ1v) is 8.04. The number of hydrogen-bond acceptors (Lipinski definition) is 6. The van der Waals surface area contributed by atoms with E-state index in [2.05, 4.69) is 9.47 Å². The maximum Gasteiger partial charge on any atom is 0.442 e. The number of methoxy groups -OCH3 is 1. The summed E-state index contributed by atoms with van der Waals surface area (Å²) in [5.41, 5.74) is -6.14. The second-order valence-corrected chi connectivity index (χ2v) is 5.35. The number of anilines is 1. The predicted octanol–water partition coefficient (Wildman–Crippen LogP) is 3.69. The molecule has 0 aliphatic rings. The third-order valence-electron chi connectivity index (χ3n) is 3.42. The highest BCUT2D eigenvalue weighted by molar-refractivity contribution is 5.90. The molecule has 164 valence electrons. The molecule has 0 spiro atoms. The highest BCUT2D eigenvalue weighted by Crippen LogP contribution is 2.39. The molecule has 1 rings (SSSR count). The summed E-state index contributed by atoms with van der Waals surface area (Å²) in [6.45, 7) is 1.65. The van der Waals surface area contributed by atoms with Gasteiger partial charge >= 0.3 is 30.1 Å². The molecule has 0 unspecified atom stereocenters. The summed E-state index contributed by atoms with van der Waals surface area (Å²) >= 11 is 0. The average Bonchev–Trinajstić information content (AvgIpc) is 2.59. The molecule has 1 amide bonds. The molecule has 0 fully saturated rings. The zero-order valence-electron chi connectivity index (χ0n) is 15.5. The second kappa shape index (κ2) is 9.09. The van der Waals surface area contributed by atoms with E-state index in [4.69, 9.17) is 4.74 Å². The van der Waals surface area contributed by atoms with Crippen molar-refractivity contribution in [3.8, 4) is 5.75 Å². The van der Waals surface area contributed by atoms with Gasteiger partial charge in [0, 0.05) is 0 Å². The molecule has 1 aromatic rings. The highest BCUT2D eigenvalue weighted by atomic mass is 19.4. The van der Waals surface area contributed by atoms with Gasteiger partial charge in [-0.15, -0.1) is 0 Å². The minimum absolute atomic E-state index is 0.297. The molecular weight excluding hydrogens is 414 g/mol. The van der Waals surface area contributed by atoms with Gasteiger partial charge < -0.3 is 19.5 Å². The zero-order valence-corrected chi connectivity index (χ0v) is 15.5. The van der Waals surface area contributed by atoms with Crippen molar-refractivity contribution in [2.75, 3.05) is 25.6 Å². The summed E-state index contributed by atoms with van der Waals surface area (Å²) in [5, 5.41) is 2.91. The van der Waals surface area contributed by atoms with Crippen LogP contribution in [0.1, 0.15) is 19.4 Å². The van der Waals surface area contributed by atoms with Crippen LogP contribution in [0.25, 0.3) is 0 Å². The van der Waals surface area contributed by atoms with Gasteiger partial charge in [0.25, 0.3) is 0 Å². The maximum absolute atomic E-state index is 13.9. The minimum atomic E-state index is -5.55. The molecule has 0 heterocycles. The number of halogens is 6. The quantitative estimate of drug-likeness (QED) is 0.388. The molecule has 2 N–H and O–H groups in total. The molecule has 0 saturated carbocycles. The monoisotopic (exact) mass is 432 g/mol. The van der Waals surface area contributed by atoms with Crippen LogP contribution in [0.2, 0.25) is 0 Å². The number of benzene rings is 1. The first-order chi connectivity index (χ1) is 13.3. The standard InChI is InChI=1S/C16H18F6N2O5/c1-4-28-12(25)14(16(20,21)22,24-13(26)29-5-2)23-10-8-9(15(17,18)19)6-7-11(10)27-3/h6-8,23H,4-5H2,1-3H3,(H,24,26)/t14-/m1/s1. The normalized spacial score (nSPS) is 13.8. The summed E-state index contributed by atoms with van der Waals surface area (Å²) < 4.78 is 94.2. The van der Waals surface area contributed by atoms with Crippen LogP contribution >= 0.6 is 0 Å². The fraction of sp³-hybridized carbons (Fsp3) is 0.500. The molecule has 29 heavy (non-hydrogen) atoms. The van der Waals surface area contributed by atoms with Gasteiger partial charge in [-0.2, -0.15) is 26.3 Å². The Bertz CT molecular complexity index is 737. The lowest BCUT2D eigenvalue weighted by molar-refractivity contribution is -0.205. The van der Waals surface area contributed by atoms with Crippen molar-refractivity contribution in [2.45, 2.75) is 31.9 Å². The second-order valence-electron chi connectivity index (χ2n) is 5.35. The summed E-state index contributed by atoms with van der Waals surface area (Å²) in [6.07, 6.45) is -12.1. The van der Waals surface area contributed by atoms with Crippen LogP contribution in [-0.2, 0) is 20.4 Å². The van der Waals surface area contributed by atoms with Gasteiger partial charge in [0.1, 0.15) is 5.75 Å². The molecule has 1 aromatic carbocycles. The van der Waals surface area contributed by atoms with Gasteiger partial charge in [0.15, 0.2) is 0 Å². The number of esters is 1. The SMILES string of the molecule is CCOC(=O)N[C@](Nc1cc(C(F)(F)F)ccc1OC)(C(=O)OCC)C(F)(F)F. The summed E-state index contributed by atoms with van der Waals surface area (Å²) in [4.78, 5) is 23.9. The molecule has 0 radical (unpaired) electrons. The van der Waals surface area contributed by atoms with Crippen LogP contribution in [0.3, 0.4) is 0 Å². The van der Waals surface area contributed by atoms with Crippen LogP contribution in [0, 0.1) is 0 Å². The Morgan fingerprint density at radius 2 is 1.59 bits per heavy atom. The van der Waals surface area contributed by atoms with E-state index in [1.54, 1.807) is 5.32 Å². The van der Waals surface area contributed by atoms with E-state index in [1.165, 1.54) is 19.2 Å². The fourth-order valence-electron chi connectivity index (χ4n) is 2.13. The van der Waals surface area contributed by atoms with Gasteiger partial charge in [-0.25, -0.2) is 9.59 Å². The maximum atomic E-state index is 13.9. The molecule has 7 nitrogen and oxygen atoms in total. The number of alkyl halides is 6. The van der Waals surface area contributed by atoms with Gasteiger partial charge in [-0.05, 0) is 32.0 Å². The Kier molecular flexibility index (Phi) is 7.58. The first-order valence-electron chi connectivity index (χ1n) is 8.04. The highest BCUT2D eigenvalue weighted by Gasteiger charge is 2.64. The molecule has 0 bridgehead atoms. The topological polar surface area (TPSA) is 85.9 Å². The Morgan fingerprint density at radius 3 is 2.03 bits per heavy atom. The first kappa shape index (κ1) is 24.2. The lowest BCUT2D eigenvalue weighted by Gasteiger charge is -2.35. The number of hydrogen-bond donors (Lipinski definition) is 2. The Labute approximate surface area is 161 Å². The van der Waals surface area contributed by atoms with E-state index in [0.717, 1.165) is 13.2 Å². The van der Waals surface area contributed by atoms with Crippen LogP contribution < -0.4 is 15.4 Å². The number of amides is 1. The summed E-state index contributed by atoms with van der Waals surface area (Å²) in [7, 11) is 0.992. The van der Waals surface area contributed by atoms with E-state index in [1.807, 2.05) is 0 Å². The summed E-state index contributed by atoms with van der Waals surface area (Å²) in [6, 6.07) is 1.62.